The van der Waals surface area contributed by atoms with Crippen LogP contribution in [0.3, 0.4) is 0 Å². The molecular weight excluding hydrogens is 268 g/mol. The standard InChI is InChI=1S/C21H34O/c1-3-5-6-10-17-22-20-15-13-19(14-16-20)21(4-2)18-11-8-7-9-12-18/h13-16,18,21H,3-12,17H2,1-2H3. The molecule has 0 amide bonds. The molecule has 2 rings (SSSR count). The second kappa shape index (κ2) is 9.92. The SMILES string of the molecule is CCCCCCOc1ccc(C(CC)C2CCCCC2)cc1. The van der Waals surface area contributed by atoms with E-state index in [-0.39, 0.29) is 0 Å². The Hall–Kier alpha value is -0.980. The fraction of sp³-hybridized carbons (Fsp3) is 0.714. The monoisotopic (exact) mass is 302 g/mol. The maximum absolute atomic E-state index is 5.87. The van der Waals surface area contributed by atoms with Crippen molar-refractivity contribution in [3.05, 3.63) is 29.8 Å². The summed E-state index contributed by atoms with van der Waals surface area (Å²) in [5.74, 6) is 2.69. The van der Waals surface area contributed by atoms with Crippen molar-refractivity contribution in [1.82, 2.24) is 0 Å². The molecule has 0 heterocycles. The second-order valence-electron chi connectivity index (χ2n) is 6.89. The van der Waals surface area contributed by atoms with Crippen LogP contribution in [-0.2, 0) is 0 Å². The average molecular weight is 303 g/mol. The van der Waals surface area contributed by atoms with Gasteiger partial charge in [-0.15, -0.1) is 0 Å². The van der Waals surface area contributed by atoms with Gasteiger partial charge in [-0.2, -0.15) is 0 Å². The summed E-state index contributed by atoms with van der Waals surface area (Å²) in [6.07, 6.45) is 13.5. The van der Waals surface area contributed by atoms with Crippen LogP contribution in [0.5, 0.6) is 5.75 Å². The zero-order chi connectivity index (χ0) is 15.6. The lowest BCUT2D eigenvalue weighted by atomic mass is 9.76. The highest BCUT2D eigenvalue weighted by Crippen LogP contribution is 2.38. The van der Waals surface area contributed by atoms with Crippen LogP contribution in [0.15, 0.2) is 24.3 Å². The molecule has 1 aromatic rings. The number of benzene rings is 1. The van der Waals surface area contributed by atoms with Crippen LogP contribution in [-0.4, -0.2) is 6.61 Å². The summed E-state index contributed by atoms with van der Waals surface area (Å²) in [6.45, 7) is 5.45. The number of rotatable bonds is 9. The third-order valence-electron chi connectivity index (χ3n) is 5.23. The van der Waals surface area contributed by atoms with Crippen LogP contribution in [0, 0.1) is 5.92 Å². The topological polar surface area (TPSA) is 9.23 Å². The first-order valence-corrected chi connectivity index (χ1v) is 9.58. The summed E-state index contributed by atoms with van der Waals surface area (Å²) >= 11 is 0. The van der Waals surface area contributed by atoms with Crippen molar-refractivity contribution in [1.29, 1.82) is 0 Å². The molecule has 1 saturated carbocycles. The Morgan fingerprint density at radius 3 is 2.32 bits per heavy atom. The molecule has 1 nitrogen and oxygen atoms in total. The molecule has 1 aliphatic rings. The van der Waals surface area contributed by atoms with Crippen LogP contribution in [0.25, 0.3) is 0 Å². The van der Waals surface area contributed by atoms with E-state index in [0.29, 0.717) is 0 Å². The average Bonchev–Trinajstić information content (AvgIpc) is 2.58. The molecule has 1 aromatic carbocycles. The van der Waals surface area contributed by atoms with E-state index in [9.17, 15) is 0 Å². The maximum atomic E-state index is 5.87. The van der Waals surface area contributed by atoms with Crippen molar-refractivity contribution in [3.63, 3.8) is 0 Å². The molecule has 1 atom stereocenters. The third-order valence-corrected chi connectivity index (χ3v) is 5.23. The number of ether oxygens (including phenoxy) is 1. The second-order valence-corrected chi connectivity index (χ2v) is 6.89. The molecule has 1 fully saturated rings. The van der Waals surface area contributed by atoms with Crippen molar-refractivity contribution in [3.8, 4) is 5.75 Å². The van der Waals surface area contributed by atoms with Crippen LogP contribution < -0.4 is 4.74 Å². The van der Waals surface area contributed by atoms with Crippen molar-refractivity contribution in [2.24, 2.45) is 5.92 Å². The number of unbranched alkanes of at least 4 members (excludes halogenated alkanes) is 3. The normalized spacial score (nSPS) is 17.4. The van der Waals surface area contributed by atoms with Crippen LogP contribution in [0.1, 0.15) is 89.5 Å². The smallest absolute Gasteiger partial charge is 0.119 e. The van der Waals surface area contributed by atoms with Gasteiger partial charge in [-0.25, -0.2) is 0 Å². The molecule has 1 unspecified atom stereocenters. The number of hydrogen-bond acceptors (Lipinski definition) is 1. The molecule has 0 radical (unpaired) electrons. The van der Waals surface area contributed by atoms with Gasteiger partial charge in [0.05, 0.1) is 6.61 Å². The van der Waals surface area contributed by atoms with Gasteiger partial charge in [0.1, 0.15) is 5.75 Å². The number of hydrogen-bond donors (Lipinski definition) is 0. The highest BCUT2D eigenvalue weighted by Gasteiger charge is 2.23. The minimum Gasteiger partial charge on any atom is -0.494 e. The summed E-state index contributed by atoms with van der Waals surface area (Å²) in [6, 6.07) is 8.98. The van der Waals surface area contributed by atoms with E-state index < -0.39 is 0 Å². The highest BCUT2D eigenvalue weighted by molar-refractivity contribution is 5.30. The van der Waals surface area contributed by atoms with Gasteiger partial charge < -0.3 is 4.74 Å². The predicted octanol–water partition coefficient (Wildman–Crippen LogP) is 6.72. The lowest BCUT2D eigenvalue weighted by Crippen LogP contribution is -2.15. The third kappa shape index (κ3) is 5.34. The lowest BCUT2D eigenvalue weighted by molar-refractivity contribution is 0.296. The van der Waals surface area contributed by atoms with Crippen molar-refractivity contribution in [2.75, 3.05) is 6.61 Å². The minimum atomic E-state index is 0.749. The van der Waals surface area contributed by atoms with Gasteiger partial charge in [-0.3, -0.25) is 0 Å². The zero-order valence-electron chi connectivity index (χ0n) is 14.7. The van der Waals surface area contributed by atoms with E-state index in [0.717, 1.165) is 24.2 Å². The van der Waals surface area contributed by atoms with Gasteiger partial charge in [0.15, 0.2) is 0 Å². The molecular formula is C21H34O. The Kier molecular flexibility index (Phi) is 7.83. The first-order valence-electron chi connectivity index (χ1n) is 9.58. The van der Waals surface area contributed by atoms with Crippen LogP contribution in [0.4, 0.5) is 0 Å². The predicted molar refractivity (Wildman–Crippen MR) is 95.7 cm³/mol. The Labute approximate surface area is 137 Å². The van der Waals surface area contributed by atoms with Gasteiger partial charge >= 0.3 is 0 Å². The molecule has 0 N–H and O–H groups in total. The van der Waals surface area contributed by atoms with Crippen molar-refractivity contribution >= 4 is 0 Å². The van der Waals surface area contributed by atoms with E-state index in [2.05, 4.69) is 38.1 Å². The van der Waals surface area contributed by atoms with Crippen LogP contribution in [0.2, 0.25) is 0 Å². The summed E-state index contributed by atoms with van der Waals surface area (Å²) in [5.41, 5.74) is 1.52. The van der Waals surface area contributed by atoms with E-state index in [1.54, 1.807) is 0 Å². The quantitative estimate of drug-likeness (QED) is 0.460. The molecule has 1 aliphatic carbocycles. The molecule has 0 aliphatic heterocycles. The van der Waals surface area contributed by atoms with Gasteiger partial charge in [0.2, 0.25) is 0 Å². The van der Waals surface area contributed by atoms with Gasteiger partial charge in [-0.05, 0) is 55.2 Å². The van der Waals surface area contributed by atoms with E-state index in [4.69, 9.17) is 4.74 Å². The minimum absolute atomic E-state index is 0.749. The lowest BCUT2D eigenvalue weighted by Gasteiger charge is -2.30. The largest absolute Gasteiger partial charge is 0.494 e. The molecule has 124 valence electrons. The van der Waals surface area contributed by atoms with Crippen LogP contribution >= 0.6 is 0 Å². The summed E-state index contributed by atoms with van der Waals surface area (Å²) in [4.78, 5) is 0. The first-order chi connectivity index (χ1) is 10.8. The maximum Gasteiger partial charge on any atom is 0.119 e. The van der Waals surface area contributed by atoms with Crippen molar-refractivity contribution in [2.45, 2.75) is 84.0 Å². The van der Waals surface area contributed by atoms with E-state index >= 15 is 0 Å². The van der Waals surface area contributed by atoms with E-state index in [1.165, 1.54) is 69.8 Å². The molecule has 0 saturated heterocycles. The van der Waals surface area contributed by atoms with Gasteiger partial charge in [-0.1, -0.05) is 64.5 Å². The summed E-state index contributed by atoms with van der Waals surface area (Å²) in [7, 11) is 0. The fourth-order valence-electron chi connectivity index (χ4n) is 3.91. The fourth-order valence-corrected chi connectivity index (χ4v) is 3.91. The Bertz CT molecular complexity index is 389. The Morgan fingerprint density at radius 2 is 1.68 bits per heavy atom. The Morgan fingerprint density at radius 1 is 0.955 bits per heavy atom. The molecule has 0 aromatic heterocycles. The molecule has 1 heteroatoms. The highest BCUT2D eigenvalue weighted by atomic mass is 16.5. The molecule has 0 bridgehead atoms. The van der Waals surface area contributed by atoms with E-state index in [1.807, 2.05) is 0 Å². The summed E-state index contributed by atoms with van der Waals surface area (Å²) in [5, 5.41) is 0. The van der Waals surface area contributed by atoms with Gasteiger partial charge in [0.25, 0.3) is 0 Å². The summed E-state index contributed by atoms with van der Waals surface area (Å²) < 4.78 is 5.87. The first kappa shape index (κ1) is 17.4. The molecule has 22 heavy (non-hydrogen) atoms. The Balaban J connectivity index is 1.84. The molecule has 0 spiro atoms. The zero-order valence-corrected chi connectivity index (χ0v) is 14.7. The van der Waals surface area contributed by atoms with Gasteiger partial charge in [0, 0.05) is 0 Å². The van der Waals surface area contributed by atoms with Crippen molar-refractivity contribution < 1.29 is 4.74 Å².